The summed E-state index contributed by atoms with van der Waals surface area (Å²) in [6.07, 6.45) is 0.646. The number of nitrogens with zero attached hydrogens (tertiary/aromatic N) is 3. The Morgan fingerprint density at radius 3 is 2.85 bits per heavy atom. The highest BCUT2D eigenvalue weighted by Crippen LogP contribution is 2.27. The second-order valence-corrected chi connectivity index (χ2v) is 5.43. The molecule has 0 amide bonds. The number of hydrogen-bond acceptors (Lipinski definition) is 3. The summed E-state index contributed by atoms with van der Waals surface area (Å²) in [5.74, 6) is 0. The molecule has 1 heterocycles. The molecule has 20 heavy (non-hydrogen) atoms. The van der Waals surface area contributed by atoms with E-state index in [-0.39, 0.29) is 0 Å². The average Bonchev–Trinajstić information content (AvgIpc) is 2.74. The van der Waals surface area contributed by atoms with Crippen molar-refractivity contribution in [1.82, 2.24) is 9.78 Å². The van der Waals surface area contributed by atoms with Crippen LogP contribution in [0.3, 0.4) is 0 Å². The van der Waals surface area contributed by atoms with Crippen LogP contribution < -0.4 is 0 Å². The molecule has 1 aromatic heterocycles. The Kier molecular flexibility index (Phi) is 4.58. The van der Waals surface area contributed by atoms with Gasteiger partial charge in [-0.1, -0.05) is 19.1 Å². The van der Waals surface area contributed by atoms with Crippen LogP contribution in [0.2, 0.25) is 0 Å². The van der Waals surface area contributed by atoms with Gasteiger partial charge in [-0.2, -0.15) is 10.4 Å². The van der Waals surface area contributed by atoms with Crippen LogP contribution in [0.4, 0.5) is 0 Å². The molecular formula is C15H16BrN3O. The lowest BCUT2D eigenvalue weighted by atomic mass is 10.0. The molecule has 0 saturated carbocycles. The van der Waals surface area contributed by atoms with E-state index in [1.165, 1.54) is 0 Å². The lowest BCUT2D eigenvalue weighted by Gasteiger charge is -2.12. The summed E-state index contributed by atoms with van der Waals surface area (Å²) in [6, 6.07) is 9.14. The van der Waals surface area contributed by atoms with Crippen LogP contribution in [0.1, 0.15) is 35.5 Å². The van der Waals surface area contributed by atoms with Gasteiger partial charge in [0.15, 0.2) is 0 Å². The number of halogens is 1. The van der Waals surface area contributed by atoms with E-state index in [1.807, 2.05) is 20.0 Å². The average molecular weight is 334 g/mol. The van der Waals surface area contributed by atoms with Crippen LogP contribution in [0, 0.1) is 11.3 Å². The van der Waals surface area contributed by atoms with E-state index in [4.69, 9.17) is 5.26 Å². The van der Waals surface area contributed by atoms with Crippen molar-refractivity contribution in [1.29, 1.82) is 5.26 Å². The first-order chi connectivity index (χ1) is 9.56. The van der Waals surface area contributed by atoms with E-state index in [9.17, 15) is 5.11 Å². The standard InChI is InChI=1S/C15H16BrN3O/c1-3-12-15(16)13(19(2)18-12)8-14(20)11-6-4-5-10(7-11)9-17/h4-7,14,20H,3,8H2,1-2H3. The molecule has 5 heteroatoms. The molecule has 0 aliphatic carbocycles. The van der Waals surface area contributed by atoms with E-state index in [1.54, 1.807) is 22.9 Å². The predicted molar refractivity (Wildman–Crippen MR) is 80.1 cm³/mol. The molecule has 0 aliphatic rings. The molecule has 0 spiro atoms. The van der Waals surface area contributed by atoms with Gasteiger partial charge in [0.25, 0.3) is 0 Å². The molecule has 0 aliphatic heterocycles. The van der Waals surface area contributed by atoms with Gasteiger partial charge < -0.3 is 5.11 Å². The molecule has 1 N–H and O–H groups in total. The van der Waals surface area contributed by atoms with Crippen LogP contribution >= 0.6 is 15.9 Å². The highest BCUT2D eigenvalue weighted by atomic mass is 79.9. The number of hydrogen-bond donors (Lipinski definition) is 1. The normalized spacial score (nSPS) is 12.2. The molecule has 2 aromatic rings. The minimum absolute atomic E-state index is 0.457. The number of benzene rings is 1. The maximum Gasteiger partial charge on any atom is 0.0991 e. The lowest BCUT2D eigenvalue weighted by Crippen LogP contribution is -2.07. The maximum atomic E-state index is 10.4. The number of nitriles is 1. The fourth-order valence-electron chi connectivity index (χ4n) is 2.16. The number of rotatable bonds is 4. The second-order valence-electron chi connectivity index (χ2n) is 4.64. The third-order valence-corrected chi connectivity index (χ3v) is 4.21. The molecule has 1 aromatic carbocycles. The highest BCUT2D eigenvalue weighted by Gasteiger charge is 2.17. The van der Waals surface area contributed by atoms with Crippen LogP contribution in [0.15, 0.2) is 28.7 Å². The third-order valence-electron chi connectivity index (χ3n) is 3.29. The fourth-order valence-corrected chi connectivity index (χ4v) is 2.94. The quantitative estimate of drug-likeness (QED) is 0.935. The largest absolute Gasteiger partial charge is 0.388 e. The van der Waals surface area contributed by atoms with Gasteiger partial charge in [0.1, 0.15) is 0 Å². The van der Waals surface area contributed by atoms with Gasteiger partial charge in [-0.05, 0) is 40.0 Å². The van der Waals surface area contributed by atoms with E-state index in [2.05, 4.69) is 27.1 Å². The summed E-state index contributed by atoms with van der Waals surface area (Å²) < 4.78 is 2.75. The molecule has 104 valence electrons. The van der Waals surface area contributed by atoms with Crippen LogP contribution in [0.5, 0.6) is 0 Å². The van der Waals surface area contributed by atoms with Crippen LogP contribution in [-0.4, -0.2) is 14.9 Å². The molecule has 1 atom stereocenters. The fraction of sp³-hybridized carbons (Fsp3) is 0.333. The Labute approximate surface area is 126 Å². The van der Waals surface area contributed by atoms with E-state index in [0.717, 1.165) is 27.8 Å². The third kappa shape index (κ3) is 2.92. The summed E-state index contributed by atoms with van der Waals surface area (Å²) in [4.78, 5) is 0. The topological polar surface area (TPSA) is 61.8 Å². The van der Waals surface area contributed by atoms with Gasteiger partial charge in [-0.15, -0.1) is 0 Å². The van der Waals surface area contributed by atoms with Crippen molar-refractivity contribution in [3.8, 4) is 6.07 Å². The molecular weight excluding hydrogens is 318 g/mol. The van der Waals surface area contributed by atoms with Crippen molar-refractivity contribution in [2.75, 3.05) is 0 Å². The zero-order valence-electron chi connectivity index (χ0n) is 11.5. The first kappa shape index (κ1) is 14.8. The van der Waals surface area contributed by atoms with Crippen molar-refractivity contribution in [2.45, 2.75) is 25.9 Å². The molecule has 0 saturated heterocycles. The van der Waals surface area contributed by atoms with Gasteiger partial charge in [0, 0.05) is 13.5 Å². The first-order valence-corrected chi connectivity index (χ1v) is 7.24. The van der Waals surface area contributed by atoms with Crippen molar-refractivity contribution in [2.24, 2.45) is 7.05 Å². The molecule has 2 rings (SSSR count). The van der Waals surface area contributed by atoms with Gasteiger partial charge in [-0.25, -0.2) is 0 Å². The number of aryl methyl sites for hydroxylation is 2. The smallest absolute Gasteiger partial charge is 0.0991 e. The Morgan fingerprint density at radius 1 is 1.50 bits per heavy atom. The summed E-state index contributed by atoms with van der Waals surface area (Å²) in [5.41, 5.74) is 3.24. The van der Waals surface area contributed by atoms with Gasteiger partial charge >= 0.3 is 0 Å². The Morgan fingerprint density at radius 2 is 2.25 bits per heavy atom. The molecule has 0 radical (unpaired) electrons. The lowest BCUT2D eigenvalue weighted by molar-refractivity contribution is 0.175. The van der Waals surface area contributed by atoms with Gasteiger partial charge in [0.2, 0.25) is 0 Å². The van der Waals surface area contributed by atoms with E-state index >= 15 is 0 Å². The van der Waals surface area contributed by atoms with Crippen molar-refractivity contribution >= 4 is 15.9 Å². The number of aromatic nitrogens is 2. The molecule has 4 nitrogen and oxygen atoms in total. The van der Waals surface area contributed by atoms with Crippen LogP contribution in [0.25, 0.3) is 0 Å². The Hall–Kier alpha value is -1.64. The van der Waals surface area contributed by atoms with Gasteiger partial charge in [-0.3, -0.25) is 4.68 Å². The monoisotopic (exact) mass is 333 g/mol. The maximum absolute atomic E-state index is 10.4. The zero-order chi connectivity index (χ0) is 14.7. The summed E-state index contributed by atoms with van der Waals surface area (Å²) in [7, 11) is 1.87. The van der Waals surface area contributed by atoms with E-state index in [0.29, 0.717) is 12.0 Å². The van der Waals surface area contributed by atoms with Crippen molar-refractivity contribution in [3.05, 3.63) is 51.3 Å². The number of aliphatic hydroxyl groups excluding tert-OH is 1. The minimum Gasteiger partial charge on any atom is -0.388 e. The minimum atomic E-state index is -0.653. The predicted octanol–water partition coefficient (Wildman–Crippen LogP) is 2.89. The zero-order valence-corrected chi connectivity index (χ0v) is 13.1. The number of aliphatic hydroxyl groups is 1. The Bertz CT molecular complexity index is 658. The van der Waals surface area contributed by atoms with Crippen molar-refractivity contribution in [3.63, 3.8) is 0 Å². The summed E-state index contributed by atoms with van der Waals surface area (Å²) >= 11 is 3.54. The van der Waals surface area contributed by atoms with E-state index < -0.39 is 6.10 Å². The highest BCUT2D eigenvalue weighted by molar-refractivity contribution is 9.10. The summed E-state index contributed by atoms with van der Waals surface area (Å²) in [6.45, 7) is 2.05. The van der Waals surface area contributed by atoms with Gasteiger partial charge in [0.05, 0.1) is 33.6 Å². The second kappa shape index (κ2) is 6.21. The van der Waals surface area contributed by atoms with Crippen LogP contribution in [-0.2, 0) is 19.9 Å². The Balaban J connectivity index is 2.25. The summed E-state index contributed by atoms with van der Waals surface area (Å²) in [5, 5.41) is 23.7. The SMILES string of the molecule is CCc1nn(C)c(CC(O)c2cccc(C#N)c2)c1Br. The van der Waals surface area contributed by atoms with Crippen molar-refractivity contribution < 1.29 is 5.11 Å². The molecule has 0 fully saturated rings. The molecule has 1 unspecified atom stereocenters. The molecule has 0 bridgehead atoms. The first-order valence-electron chi connectivity index (χ1n) is 6.45.